The molecule has 1 aromatic carbocycles. The van der Waals surface area contributed by atoms with Crippen LogP contribution < -0.4 is 4.90 Å². The van der Waals surface area contributed by atoms with E-state index in [-0.39, 0.29) is 11.8 Å². The maximum absolute atomic E-state index is 12.9. The average molecular weight is 391 g/mol. The number of aromatic nitrogens is 1. The summed E-state index contributed by atoms with van der Waals surface area (Å²) in [6, 6.07) is 11.7. The molecule has 0 bridgehead atoms. The molecule has 130 valence electrons. The Labute approximate surface area is 160 Å². The summed E-state index contributed by atoms with van der Waals surface area (Å²) in [6.07, 6.45) is 1.59. The van der Waals surface area contributed by atoms with Gasteiger partial charge in [0.05, 0.1) is 5.69 Å². The highest BCUT2D eigenvalue weighted by Gasteiger charge is 2.24. The van der Waals surface area contributed by atoms with Crippen LogP contribution in [0.5, 0.6) is 0 Å². The second-order valence-corrected chi connectivity index (χ2v) is 8.06. The zero-order valence-corrected chi connectivity index (χ0v) is 16.5. The second kappa shape index (κ2) is 8.13. The van der Waals surface area contributed by atoms with Gasteiger partial charge in [-0.1, -0.05) is 42.8 Å². The van der Waals surface area contributed by atoms with E-state index in [0.29, 0.717) is 10.2 Å². The Kier molecular flexibility index (Phi) is 5.89. The molecule has 3 nitrogen and oxygen atoms in total. The minimum Gasteiger partial charge on any atom is -0.291 e. The lowest BCUT2D eigenvalue weighted by Gasteiger charge is -2.20. The SMILES string of the molecule is CC[C@@H](Cc1cccs1)C(=O)N(C)c1nc(-c2ccccc2Cl)cs1. The largest absolute Gasteiger partial charge is 0.291 e. The van der Waals surface area contributed by atoms with Crippen molar-refractivity contribution in [3.05, 3.63) is 57.1 Å². The molecule has 6 heteroatoms. The molecule has 2 aromatic heterocycles. The van der Waals surface area contributed by atoms with Crippen LogP contribution in [0.25, 0.3) is 11.3 Å². The van der Waals surface area contributed by atoms with Crippen molar-refractivity contribution in [1.29, 1.82) is 0 Å². The van der Waals surface area contributed by atoms with E-state index >= 15 is 0 Å². The third-order valence-corrected chi connectivity index (χ3v) is 6.27. The first-order valence-corrected chi connectivity index (χ1v) is 10.2. The van der Waals surface area contributed by atoms with Crippen molar-refractivity contribution in [1.82, 2.24) is 4.98 Å². The molecule has 0 unspecified atom stereocenters. The molecular weight excluding hydrogens is 372 g/mol. The number of carbonyl (C=O) groups is 1. The number of rotatable bonds is 6. The Bertz CT molecular complexity index is 845. The molecule has 3 rings (SSSR count). The molecule has 0 aliphatic heterocycles. The Morgan fingerprint density at radius 2 is 2.04 bits per heavy atom. The molecule has 2 heterocycles. The van der Waals surface area contributed by atoms with Crippen LogP contribution in [0.15, 0.2) is 47.2 Å². The van der Waals surface area contributed by atoms with Gasteiger partial charge in [-0.25, -0.2) is 4.98 Å². The molecule has 0 N–H and O–H groups in total. The Hall–Kier alpha value is -1.69. The van der Waals surface area contributed by atoms with Crippen molar-refractivity contribution in [3.8, 4) is 11.3 Å². The van der Waals surface area contributed by atoms with Crippen LogP contribution in [0.2, 0.25) is 5.02 Å². The average Bonchev–Trinajstić information content (AvgIpc) is 3.30. The van der Waals surface area contributed by atoms with Gasteiger partial charge in [0.25, 0.3) is 0 Å². The lowest BCUT2D eigenvalue weighted by molar-refractivity contribution is -0.122. The minimum atomic E-state index is -0.0312. The minimum absolute atomic E-state index is 0.0312. The van der Waals surface area contributed by atoms with Crippen LogP contribution in [0.4, 0.5) is 5.13 Å². The van der Waals surface area contributed by atoms with Gasteiger partial charge in [0.2, 0.25) is 5.91 Å². The van der Waals surface area contributed by atoms with Gasteiger partial charge in [-0.2, -0.15) is 0 Å². The van der Waals surface area contributed by atoms with Gasteiger partial charge in [0.1, 0.15) is 0 Å². The normalized spacial score (nSPS) is 12.1. The molecule has 1 amide bonds. The van der Waals surface area contributed by atoms with Crippen LogP contribution >= 0.6 is 34.3 Å². The van der Waals surface area contributed by atoms with Gasteiger partial charge >= 0.3 is 0 Å². The van der Waals surface area contributed by atoms with E-state index in [1.165, 1.54) is 16.2 Å². The number of carbonyl (C=O) groups excluding carboxylic acids is 1. The number of thiazole rings is 1. The topological polar surface area (TPSA) is 33.2 Å². The summed E-state index contributed by atoms with van der Waals surface area (Å²) < 4.78 is 0. The summed E-state index contributed by atoms with van der Waals surface area (Å²) >= 11 is 9.41. The first-order chi connectivity index (χ1) is 12.1. The van der Waals surface area contributed by atoms with Crippen molar-refractivity contribution in [2.24, 2.45) is 5.92 Å². The van der Waals surface area contributed by atoms with Gasteiger partial charge < -0.3 is 0 Å². The van der Waals surface area contributed by atoms with E-state index < -0.39 is 0 Å². The van der Waals surface area contributed by atoms with Crippen molar-refractivity contribution >= 4 is 45.3 Å². The zero-order chi connectivity index (χ0) is 17.8. The molecule has 0 radical (unpaired) electrons. The number of benzene rings is 1. The lowest BCUT2D eigenvalue weighted by Crippen LogP contribution is -2.33. The molecule has 0 aliphatic carbocycles. The summed E-state index contributed by atoms with van der Waals surface area (Å²) in [4.78, 5) is 20.4. The molecule has 0 fully saturated rings. The molecule has 0 saturated carbocycles. The number of hydrogen-bond donors (Lipinski definition) is 0. The van der Waals surface area contributed by atoms with Crippen molar-refractivity contribution < 1.29 is 4.79 Å². The maximum Gasteiger partial charge on any atom is 0.231 e. The van der Waals surface area contributed by atoms with E-state index in [1.54, 1.807) is 23.3 Å². The fourth-order valence-electron chi connectivity index (χ4n) is 2.66. The van der Waals surface area contributed by atoms with Crippen molar-refractivity contribution in [2.75, 3.05) is 11.9 Å². The first kappa shape index (κ1) is 18.1. The second-order valence-electron chi connectivity index (χ2n) is 5.78. The summed E-state index contributed by atoms with van der Waals surface area (Å²) in [5, 5.41) is 5.36. The lowest BCUT2D eigenvalue weighted by atomic mass is 10.00. The Balaban J connectivity index is 1.77. The molecule has 1 atom stereocenters. The standard InChI is InChI=1S/C19H19ClN2OS2/c1-3-13(11-14-7-6-10-24-14)18(23)22(2)19-21-17(12-25-19)15-8-4-5-9-16(15)20/h4-10,12-13H,3,11H2,1-2H3/t13-/m0/s1. The number of anilines is 1. The predicted molar refractivity (Wildman–Crippen MR) is 108 cm³/mol. The molecule has 3 aromatic rings. The van der Waals surface area contributed by atoms with Gasteiger partial charge in [-0.15, -0.1) is 22.7 Å². The highest BCUT2D eigenvalue weighted by atomic mass is 35.5. The molecule has 25 heavy (non-hydrogen) atoms. The number of nitrogens with zero attached hydrogens (tertiary/aromatic N) is 2. The van der Waals surface area contributed by atoms with Crippen LogP contribution in [0, 0.1) is 5.92 Å². The number of amides is 1. The zero-order valence-electron chi connectivity index (χ0n) is 14.1. The fraction of sp³-hybridized carbons (Fsp3) is 0.263. The highest BCUT2D eigenvalue weighted by Crippen LogP contribution is 2.32. The van der Waals surface area contributed by atoms with Crippen LogP contribution in [0.3, 0.4) is 0 Å². The predicted octanol–water partition coefficient (Wildman–Crippen LogP) is 5.76. The molecular formula is C19H19ClN2OS2. The first-order valence-electron chi connectivity index (χ1n) is 8.10. The molecule has 0 aliphatic rings. The van der Waals surface area contributed by atoms with E-state index in [1.807, 2.05) is 41.1 Å². The van der Waals surface area contributed by atoms with Crippen molar-refractivity contribution in [2.45, 2.75) is 19.8 Å². The maximum atomic E-state index is 12.9. The smallest absolute Gasteiger partial charge is 0.231 e. The third kappa shape index (κ3) is 4.11. The summed E-state index contributed by atoms with van der Waals surface area (Å²) in [7, 11) is 1.80. The fourth-order valence-corrected chi connectivity index (χ4v) is 4.47. The summed E-state index contributed by atoms with van der Waals surface area (Å²) in [6.45, 7) is 2.06. The van der Waals surface area contributed by atoms with Gasteiger partial charge in [-0.3, -0.25) is 9.69 Å². The van der Waals surface area contributed by atoms with E-state index in [0.717, 1.165) is 24.1 Å². The third-order valence-electron chi connectivity index (χ3n) is 4.13. The number of halogens is 1. The van der Waals surface area contributed by atoms with E-state index in [4.69, 9.17) is 11.6 Å². The quantitative estimate of drug-likeness (QED) is 0.536. The van der Waals surface area contributed by atoms with Crippen LogP contribution in [0.1, 0.15) is 18.2 Å². The number of hydrogen-bond acceptors (Lipinski definition) is 4. The summed E-state index contributed by atoms with van der Waals surface area (Å²) in [5.41, 5.74) is 1.69. The molecule has 0 saturated heterocycles. The highest BCUT2D eigenvalue weighted by molar-refractivity contribution is 7.14. The van der Waals surface area contributed by atoms with E-state index in [2.05, 4.69) is 18.0 Å². The monoisotopic (exact) mass is 390 g/mol. The number of thiophene rings is 1. The Morgan fingerprint density at radius 3 is 2.72 bits per heavy atom. The van der Waals surface area contributed by atoms with Crippen molar-refractivity contribution in [3.63, 3.8) is 0 Å². The van der Waals surface area contributed by atoms with Crippen LogP contribution in [-0.2, 0) is 11.2 Å². The van der Waals surface area contributed by atoms with Gasteiger partial charge in [0, 0.05) is 33.8 Å². The Morgan fingerprint density at radius 1 is 1.24 bits per heavy atom. The summed E-state index contributed by atoms with van der Waals surface area (Å²) in [5.74, 6) is 0.0762. The van der Waals surface area contributed by atoms with Crippen LogP contribution in [-0.4, -0.2) is 17.9 Å². The van der Waals surface area contributed by atoms with Gasteiger partial charge in [0.15, 0.2) is 5.13 Å². The molecule has 0 spiro atoms. The van der Waals surface area contributed by atoms with E-state index in [9.17, 15) is 4.79 Å². The van der Waals surface area contributed by atoms with Gasteiger partial charge in [-0.05, 0) is 30.4 Å².